The van der Waals surface area contributed by atoms with Gasteiger partial charge in [-0.3, -0.25) is 4.68 Å². The lowest BCUT2D eigenvalue weighted by Gasteiger charge is -2.38. The lowest BCUT2D eigenvalue weighted by molar-refractivity contribution is -0.0905. The fraction of sp³-hybridized carbons (Fsp3) is 0.857. The highest BCUT2D eigenvalue weighted by atomic mass is 16.6. The van der Waals surface area contributed by atoms with E-state index >= 15 is 0 Å². The molecule has 0 radical (unpaired) electrons. The monoisotopic (exact) mass is 280 g/mol. The van der Waals surface area contributed by atoms with Gasteiger partial charge in [0.1, 0.15) is 12.7 Å². The molecule has 2 fully saturated rings. The van der Waals surface area contributed by atoms with Crippen LogP contribution >= 0.6 is 0 Å². The Kier molecular flexibility index (Phi) is 4.33. The van der Waals surface area contributed by atoms with Crippen LogP contribution in [0.2, 0.25) is 0 Å². The summed E-state index contributed by atoms with van der Waals surface area (Å²) in [6.07, 6.45) is 7.62. The Labute approximate surface area is 119 Å². The first-order valence-corrected chi connectivity index (χ1v) is 7.60. The van der Waals surface area contributed by atoms with Crippen LogP contribution in [0.4, 0.5) is 0 Å². The summed E-state index contributed by atoms with van der Waals surface area (Å²) < 4.78 is 13.4. The van der Waals surface area contributed by atoms with Crippen molar-refractivity contribution < 1.29 is 9.47 Å². The van der Waals surface area contributed by atoms with Gasteiger partial charge in [0.25, 0.3) is 0 Å². The zero-order valence-electron chi connectivity index (χ0n) is 12.1. The minimum atomic E-state index is -0.0263. The summed E-state index contributed by atoms with van der Waals surface area (Å²) in [6, 6.07) is 0.943. The molecule has 0 aliphatic carbocycles. The molecule has 112 valence electrons. The van der Waals surface area contributed by atoms with Crippen molar-refractivity contribution in [2.45, 2.75) is 56.8 Å². The molecule has 2 aliphatic rings. The molecule has 0 aromatic carbocycles. The molecule has 3 atom stereocenters. The van der Waals surface area contributed by atoms with E-state index in [1.165, 1.54) is 0 Å². The molecular formula is C14H24N4O2. The van der Waals surface area contributed by atoms with Crippen LogP contribution < -0.4 is 5.32 Å². The highest BCUT2D eigenvalue weighted by Crippen LogP contribution is 2.33. The second-order valence-electron chi connectivity index (χ2n) is 5.91. The molecule has 20 heavy (non-hydrogen) atoms. The fourth-order valence-electron chi connectivity index (χ4n) is 3.22. The SMILES string of the molecule is CCC(Cn1cncn1)NC1CCOC2(CCOC2)C1. The molecule has 1 N–H and O–H groups in total. The van der Waals surface area contributed by atoms with Gasteiger partial charge in [0, 0.05) is 31.7 Å². The van der Waals surface area contributed by atoms with E-state index in [-0.39, 0.29) is 5.60 Å². The second kappa shape index (κ2) is 6.20. The second-order valence-corrected chi connectivity index (χ2v) is 5.91. The van der Waals surface area contributed by atoms with Crippen molar-refractivity contribution in [3.8, 4) is 0 Å². The molecular weight excluding hydrogens is 256 g/mol. The lowest BCUT2D eigenvalue weighted by atomic mass is 9.89. The van der Waals surface area contributed by atoms with Gasteiger partial charge in [-0.15, -0.1) is 0 Å². The van der Waals surface area contributed by atoms with Gasteiger partial charge in [0.15, 0.2) is 0 Å². The Morgan fingerprint density at radius 3 is 3.15 bits per heavy atom. The third kappa shape index (κ3) is 3.19. The first kappa shape index (κ1) is 14.0. The fourth-order valence-corrected chi connectivity index (χ4v) is 3.22. The number of nitrogens with one attached hydrogen (secondary N) is 1. The minimum Gasteiger partial charge on any atom is -0.378 e. The average molecular weight is 280 g/mol. The van der Waals surface area contributed by atoms with Crippen LogP contribution in [0.1, 0.15) is 32.6 Å². The summed E-state index contributed by atoms with van der Waals surface area (Å²) in [6.45, 7) is 5.51. The molecule has 1 aromatic rings. The lowest BCUT2D eigenvalue weighted by Crippen LogP contribution is -2.50. The van der Waals surface area contributed by atoms with Gasteiger partial charge < -0.3 is 14.8 Å². The van der Waals surface area contributed by atoms with Gasteiger partial charge in [0.05, 0.1) is 18.8 Å². The van der Waals surface area contributed by atoms with E-state index < -0.39 is 0 Å². The van der Waals surface area contributed by atoms with E-state index in [1.54, 1.807) is 12.7 Å². The summed E-state index contributed by atoms with van der Waals surface area (Å²) in [5, 5.41) is 7.96. The third-order valence-corrected chi connectivity index (χ3v) is 4.40. The molecule has 2 saturated heterocycles. The summed E-state index contributed by atoms with van der Waals surface area (Å²) in [5.74, 6) is 0. The van der Waals surface area contributed by atoms with Crippen molar-refractivity contribution >= 4 is 0 Å². The summed E-state index contributed by atoms with van der Waals surface area (Å²) in [5.41, 5.74) is -0.0263. The van der Waals surface area contributed by atoms with Crippen LogP contribution in [-0.2, 0) is 16.0 Å². The van der Waals surface area contributed by atoms with Crippen LogP contribution in [0.25, 0.3) is 0 Å². The van der Waals surface area contributed by atoms with Crippen molar-refractivity contribution in [1.82, 2.24) is 20.1 Å². The predicted octanol–water partition coefficient (Wildman–Crippen LogP) is 0.984. The predicted molar refractivity (Wildman–Crippen MR) is 74.4 cm³/mol. The van der Waals surface area contributed by atoms with Gasteiger partial charge >= 0.3 is 0 Å². The average Bonchev–Trinajstić information content (AvgIpc) is 3.11. The first-order valence-electron chi connectivity index (χ1n) is 7.60. The third-order valence-electron chi connectivity index (χ3n) is 4.40. The maximum atomic E-state index is 5.99. The van der Waals surface area contributed by atoms with Gasteiger partial charge in [-0.2, -0.15) is 5.10 Å². The van der Waals surface area contributed by atoms with Crippen molar-refractivity contribution in [3.05, 3.63) is 12.7 Å². The molecule has 3 unspecified atom stereocenters. The van der Waals surface area contributed by atoms with E-state index in [4.69, 9.17) is 9.47 Å². The standard InChI is InChI=1S/C14H24N4O2/c1-2-12(8-18-11-15-10-16-18)17-13-3-5-20-14(7-13)4-6-19-9-14/h10-13,17H,2-9H2,1H3. The van der Waals surface area contributed by atoms with Crippen LogP contribution in [0, 0.1) is 0 Å². The molecule has 1 spiro atoms. The molecule has 0 bridgehead atoms. The van der Waals surface area contributed by atoms with Crippen molar-refractivity contribution in [1.29, 1.82) is 0 Å². The highest BCUT2D eigenvalue weighted by molar-refractivity contribution is 4.93. The molecule has 0 saturated carbocycles. The topological polar surface area (TPSA) is 61.2 Å². The number of hydrogen-bond acceptors (Lipinski definition) is 5. The normalized spacial score (nSPS) is 31.8. The Morgan fingerprint density at radius 1 is 1.50 bits per heavy atom. The maximum Gasteiger partial charge on any atom is 0.137 e. The van der Waals surface area contributed by atoms with Crippen LogP contribution in [0.5, 0.6) is 0 Å². The molecule has 0 amide bonds. The molecule has 3 heterocycles. The van der Waals surface area contributed by atoms with E-state index in [9.17, 15) is 0 Å². The number of ether oxygens (including phenoxy) is 2. The number of hydrogen-bond donors (Lipinski definition) is 1. The Bertz CT molecular complexity index is 403. The largest absolute Gasteiger partial charge is 0.378 e. The van der Waals surface area contributed by atoms with Crippen molar-refractivity contribution in [3.63, 3.8) is 0 Å². The van der Waals surface area contributed by atoms with E-state index in [1.807, 2.05) is 4.68 Å². The molecule has 6 nitrogen and oxygen atoms in total. The van der Waals surface area contributed by atoms with Gasteiger partial charge in [-0.25, -0.2) is 4.98 Å². The Morgan fingerprint density at radius 2 is 2.45 bits per heavy atom. The smallest absolute Gasteiger partial charge is 0.137 e. The van der Waals surface area contributed by atoms with Crippen LogP contribution in [-0.4, -0.2) is 52.3 Å². The summed E-state index contributed by atoms with van der Waals surface area (Å²) >= 11 is 0. The highest BCUT2D eigenvalue weighted by Gasteiger charge is 2.41. The number of aromatic nitrogens is 3. The number of rotatable bonds is 5. The minimum absolute atomic E-state index is 0.0263. The maximum absolute atomic E-state index is 5.99. The van der Waals surface area contributed by atoms with E-state index in [0.717, 1.165) is 52.0 Å². The van der Waals surface area contributed by atoms with Crippen LogP contribution in [0.15, 0.2) is 12.7 Å². The van der Waals surface area contributed by atoms with Crippen molar-refractivity contribution in [2.75, 3.05) is 19.8 Å². The number of nitrogens with zero attached hydrogens (tertiary/aromatic N) is 3. The van der Waals surface area contributed by atoms with E-state index in [0.29, 0.717) is 12.1 Å². The van der Waals surface area contributed by atoms with Crippen LogP contribution in [0.3, 0.4) is 0 Å². The molecule has 6 heteroatoms. The Balaban J connectivity index is 1.55. The molecule has 2 aliphatic heterocycles. The van der Waals surface area contributed by atoms with Gasteiger partial charge in [0.2, 0.25) is 0 Å². The first-order chi connectivity index (χ1) is 9.80. The van der Waals surface area contributed by atoms with Gasteiger partial charge in [-0.1, -0.05) is 6.92 Å². The van der Waals surface area contributed by atoms with E-state index in [2.05, 4.69) is 22.3 Å². The van der Waals surface area contributed by atoms with Crippen molar-refractivity contribution in [2.24, 2.45) is 0 Å². The summed E-state index contributed by atoms with van der Waals surface area (Å²) in [4.78, 5) is 4.00. The zero-order chi connectivity index (χ0) is 13.8. The zero-order valence-corrected chi connectivity index (χ0v) is 12.1. The Hall–Kier alpha value is -0.980. The molecule has 1 aromatic heterocycles. The van der Waals surface area contributed by atoms with Gasteiger partial charge in [-0.05, 0) is 19.3 Å². The molecule has 3 rings (SSSR count). The summed E-state index contributed by atoms with van der Waals surface area (Å²) in [7, 11) is 0. The quantitative estimate of drug-likeness (QED) is 0.871.